The Labute approximate surface area is 184 Å². The molecule has 7 rings (SSSR count). The third-order valence-electron chi connectivity index (χ3n) is 6.02. The number of nitrogens with zero attached hydrogens (tertiary/aromatic N) is 2. The summed E-state index contributed by atoms with van der Waals surface area (Å²) in [6.45, 7) is 0. The van der Waals surface area contributed by atoms with E-state index in [-0.39, 0.29) is 0 Å². The second kappa shape index (κ2) is 6.53. The minimum Gasteiger partial charge on any atom is -0.355 e. The monoisotopic (exact) mass is 410 g/mol. The molecule has 0 atom stereocenters. The van der Waals surface area contributed by atoms with Crippen molar-refractivity contribution in [3.8, 4) is 22.5 Å². The standard InChI is InChI=1S/C28H18N4/c1-2-4-18-12-26-25(11-17(18)3-1)27-15-23-9-7-21(30-23)13-19-5-6-20(29-19)14-22-8-10-24(31-22)16-28(26)32-27/h1-16,29-30H. The second-order valence-corrected chi connectivity index (χ2v) is 8.24. The van der Waals surface area contributed by atoms with E-state index < -0.39 is 0 Å². The van der Waals surface area contributed by atoms with Crippen molar-refractivity contribution in [1.82, 2.24) is 19.9 Å². The first-order valence-electron chi connectivity index (χ1n) is 10.7. The van der Waals surface area contributed by atoms with Crippen LogP contribution in [0.15, 0.2) is 84.9 Å². The molecular formula is C28H18N4. The third kappa shape index (κ3) is 2.85. The lowest BCUT2D eigenvalue weighted by molar-refractivity contribution is 1.31. The van der Waals surface area contributed by atoms with E-state index in [2.05, 4.69) is 94.9 Å². The molecular weight excluding hydrogens is 392 g/mol. The minimum atomic E-state index is 0.906. The smallest absolute Gasteiger partial charge is 0.0738 e. The van der Waals surface area contributed by atoms with E-state index in [0.717, 1.165) is 56.0 Å². The molecule has 3 aromatic heterocycles. The summed E-state index contributed by atoms with van der Waals surface area (Å²) < 4.78 is 0. The molecule has 0 unspecified atom stereocenters. The van der Waals surface area contributed by atoms with Crippen LogP contribution in [0.1, 0.15) is 11.4 Å². The van der Waals surface area contributed by atoms with Gasteiger partial charge in [-0.2, -0.15) is 0 Å². The van der Waals surface area contributed by atoms with Gasteiger partial charge in [-0.25, -0.2) is 9.97 Å². The predicted octanol–water partition coefficient (Wildman–Crippen LogP) is 6.97. The Morgan fingerprint density at radius 3 is 1.66 bits per heavy atom. The molecule has 2 aliphatic heterocycles. The van der Waals surface area contributed by atoms with Crippen LogP contribution in [0.2, 0.25) is 0 Å². The molecule has 2 N–H and O–H groups in total. The molecule has 4 heteroatoms. The van der Waals surface area contributed by atoms with Crippen LogP contribution in [0.25, 0.3) is 67.5 Å². The number of nitrogens with one attached hydrogen (secondary N) is 2. The lowest BCUT2D eigenvalue weighted by Crippen LogP contribution is -1.80. The van der Waals surface area contributed by atoms with Crippen LogP contribution in [0, 0.1) is 0 Å². The molecule has 5 aromatic rings. The van der Waals surface area contributed by atoms with Crippen molar-refractivity contribution < 1.29 is 0 Å². The van der Waals surface area contributed by atoms with E-state index in [9.17, 15) is 0 Å². The van der Waals surface area contributed by atoms with Gasteiger partial charge in [-0.1, -0.05) is 24.3 Å². The molecule has 0 aliphatic carbocycles. The average molecular weight is 410 g/mol. The maximum atomic E-state index is 5.02. The van der Waals surface area contributed by atoms with Gasteiger partial charge in [-0.3, -0.25) is 0 Å². The fourth-order valence-electron chi connectivity index (χ4n) is 4.50. The first-order valence-corrected chi connectivity index (χ1v) is 10.7. The second-order valence-electron chi connectivity index (χ2n) is 8.24. The van der Waals surface area contributed by atoms with Crippen LogP contribution in [-0.2, 0) is 0 Å². The van der Waals surface area contributed by atoms with Gasteiger partial charge < -0.3 is 9.97 Å². The summed E-state index contributed by atoms with van der Waals surface area (Å²) in [7, 11) is 0. The van der Waals surface area contributed by atoms with Crippen molar-refractivity contribution in [1.29, 1.82) is 0 Å². The molecule has 0 radical (unpaired) electrons. The highest BCUT2D eigenvalue weighted by Gasteiger charge is 2.17. The Morgan fingerprint density at radius 1 is 0.469 bits per heavy atom. The number of benzene rings is 2. The number of aromatic amines is 2. The Morgan fingerprint density at radius 2 is 1.00 bits per heavy atom. The van der Waals surface area contributed by atoms with Crippen LogP contribution in [0.4, 0.5) is 0 Å². The summed E-state index contributed by atoms with van der Waals surface area (Å²) in [4.78, 5) is 16.7. The van der Waals surface area contributed by atoms with Gasteiger partial charge in [0.1, 0.15) is 0 Å². The van der Waals surface area contributed by atoms with Gasteiger partial charge in [0.15, 0.2) is 0 Å². The van der Waals surface area contributed by atoms with E-state index in [4.69, 9.17) is 9.97 Å². The first-order chi connectivity index (χ1) is 15.8. The van der Waals surface area contributed by atoms with E-state index in [1.54, 1.807) is 0 Å². The van der Waals surface area contributed by atoms with E-state index in [1.165, 1.54) is 10.8 Å². The highest BCUT2D eigenvalue weighted by molar-refractivity contribution is 5.98. The topological polar surface area (TPSA) is 57.4 Å². The van der Waals surface area contributed by atoms with E-state index in [0.29, 0.717) is 0 Å². The summed E-state index contributed by atoms with van der Waals surface area (Å²) >= 11 is 0. The van der Waals surface area contributed by atoms with Gasteiger partial charge in [0.05, 0.1) is 22.8 Å². The van der Waals surface area contributed by atoms with Gasteiger partial charge in [-0.05, 0) is 83.6 Å². The van der Waals surface area contributed by atoms with Crippen molar-refractivity contribution in [2.24, 2.45) is 0 Å². The lowest BCUT2D eigenvalue weighted by atomic mass is 9.99. The zero-order valence-electron chi connectivity index (χ0n) is 17.1. The SMILES string of the molecule is C1=Cc2cc3ccc(cc4ccc(cc5nc(cc1n2)-c1cc2ccccc2cc1-5)[nH]4)[nH]3. The molecule has 2 aliphatic rings. The molecule has 2 aromatic carbocycles. The highest BCUT2D eigenvalue weighted by Crippen LogP contribution is 2.38. The number of H-pyrrole nitrogens is 2. The maximum absolute atomic E-state index is 5.02. The molecule has 32 heavy (non-hydrogen) atoms. The Bertz CT molecular complexity index is 1730. The van der Waals surface area contributed by atoms with Crippen LogP contribution in [0.5, 0.6) is 0 Å². The van der Waals surface area contributed by atoms with Crippen molar-refractivity contribution in [3.63, 3.8) is 0 Å². The molecule has 0 amide bonds. The lowest BCUT2D eigenvalue weighted by Gasteiger charge is -2.03. The summed E-state index contributed by atoms with van der Waals surface area (Å²) in [6.07, 6.45) is 4.08. The van der Waals surface area contributed by atoms with Crippen molar-refractivity contribution in [3.05, 3.63) is 96.3 Å². The van der Waals surface area contributed by atoms with Crippen molar-refractivity contribution >= 4 is 45.0 Å². The Kier molecular flexibility index (Phi) is 3.52. The fraction of sp³-hybridized carbons (Fsp3) is 0. The fourth-order valence-corrected chi connectivity index (χ4v) is 4.50. The largest absolute Gasteiger partial charge is 0.355 e. The molecule has 150 valence electrons. The van der Waals surface area contributed by atoms with Crippen molar-refractivity contribution in [2.75, 3.05) is 0 Å². The van der Waals surface area contributed by atoms with Crippen LogP contribution < -0.4 is 0 Å². The summed E-state index contributed by atoms with van der Waals surface area (Å²) in [5, 5.41) is 2.42. The minimum absolute atomic E-state index is 0.906. The van der Waals surface area contributed by atoms with E-state index >= 15 is 0 Å². The Hall–Kier alpha value is -4.44. The van der Waals surface area contributed by atoms with Crippen LogP contribution in [-0.4, -0.2) is 19.9 Å². The third-order valence-corrected chi connectivity index (χ3v) is 6.02. The quantitative estimate of drug-likeness (QED) is 0.284. The van der Waals surface area contributed by atoms with Gasteiger partial charge >= 0.3 is 0 Å². The zero-order chi connectivity index (χ0) is 21.1. The van der Waals surface area contributed by atoms with Gasteiger partial charge in [0, 0.05) is 33.2 Å². The van der Waals surface area contributed by atoms with E-state index in [1.807, 2.05) is 12.2 Å². The van der Waals surface area contributed by atoms with Crippen LogP contribution in [0.3, 0.4) is 0 Å². The van der Waals surface area contributed by atoms with Crippen molar-refractivity contribution in [2.45, 2.75) is 0 Å². The average Bonchev–Trinajstić information content (AvgIpc) is 3.58. The van der Waals surface area contributed by atoms with Gasteiger partial charge in [0.25, 0.3) is 0 Å². The molecule has 0 saturated carbocycles. The number of hydrogen-bond acceptors (Lipinski definition) is 2. The maximum Gasteiger partial charge on any atom is 0.0738 e. The summed E-state index contributed by atoms with van der Waals surface area (Å²) in [5.74, 6) is 0. The number of hydrogen-bond donors (Lipinski definition) is 2. The molecule has 5 heterocycles. The molecule has 8 bridgehead atoms. The summed E-state index contributed by atoms with van der Waals surface area (Å²) in [6, 6.07) is 29.6. The summed E-state index contributed by atoms with van der Waals surface area (Å²) in [5.41, 5.74) is 10.1. The Balaban J connectivity index is 1.59. The highest BCUT2D eigenvalue weighted by atomic mass is 14.8. The number of fused-ring (bicyclic) bond motifs is 12. The molecule has 0 fully saturated rings. The first kappa shape index (κ1) is 17.3. The molecule has 4 nitrogen and oxygen atoms in total. The van der Waals surface area contributed by atoms with Crippen LogP contribution >= 0.6 is 0 Å². The predicted molar refractivity (Wildman–Crippen MR) is 132 cm³/mol. The molecule has 0 spiro atoms. The van der Waals surface area contributed by atoms with Gasteiger partial charge in [0.2, 0.25) is 0 Å². The molecule has 0 saturated heterocycles. The number of aromatic nitrogens is 4. The zero-order valence-corrected chi connectivity index (χ0v) is 17.1. The normalized spacial score (nSPS) is 12.2. The van der Waals surface area contributed by atoms with Gasteiger partial charge in [-0.15, -0.1) is 0 Å². The number of rotatable bonds is 0.